The van der Waals surface area contributed by atoms with Gasteiger partial charge in [0.2, 0.25) is 0 Å². The van der Waals surface area contributed by atoms with Crippen molar-refractivity contribution >= 4 is 0 Å². The first-order valence-corrected chi connectivity index (χ1v) is 23.0. The van der Waals surface area contributed by atoms with Crippen LogP contribution in [0.5, 0.6) is 17.2 Å². The Balaban J connectivity index is 0.000000202. The van der Waals surface area contributed by atoms with Crippen molar-refractivity contribution in [1.29, 1.82) is 0 Å². The maximum absolute atomic E-state index is 5.40. The van der Waals surface area contributed by atoms with Gasteiger partial charge in [0.1, 0.15) is 67.6 Å². The Bertz CT molecular complexity index is 1600. The molecule has 10 heteroatoms. The fraction of sp³-hybridized carbons (Fsp3) is 0.455. The molecule has 0 bridgehead atoms. The van der Waals surface area contributed by atoms with Gasteiger partial charge in [0.05, 0.1) is 46.2 Å². The van der Waals surface area contributed by atoms with Gasteiger partial charge < -0.3 is 47.4 Å². The molecule has 0 amide bonds. The highest BCUT2D eigenvalue weighted by Gasteiger charge is 2.24. The molecule has 0 N–H and O–H groups in total. The van der Waals surface area contributed by atoms with Crippen LogP contribution in [-0.4, -0.2) is 111 Å². The van der Waals surface area contributed by atoms with E-state index < -0.39 is 0 Å². The van der Waals surface area contributed by atoms with E-state index in [-0.39, 0.29) is 0 Å². The average molecular weight is 897 g/mol. The van der Waals surface area contributed by atoms with E-state index in [0.717, 1.165) is 63.5 Å². The normalized spacial score (nSPS) is 19.3. The molecule has 0 radical (unpaired) electrons. The minimum Gasteiger partial charge on any atom is -0.491 e. The minimum atomic E-state index is 0.343. The summed E-state index contributed by atoms with van der Waals surface area (Å²) in [6, 6.07) is 50.4. The third-order valence-electron chi connectivity index (χ3n) is 9.19. The molecule has 5 aliphatic heterocycles. The largest absolute Gasteiger partial charge is 0.491 e. The van der Waals surface area contributed by atoms with Crippen LogP contribution in [0.1, 0.15) is 64.5 Å². The molecule has 10 nitrogen and oxygen atoms in total. The van der Waals surface area contributed by atoms with Crippen LogP contribution in [0.25, 0.3) is 0 Å². The topological polar surface area (TPSA) is 109 Å². The van der Waals surface area contributed by atoms with Crippen molar-refractivity contribution < 1.29 is 47.4 Å². The number of epoxide rings is 5. The van der Waals surface area contributed by atoms with Crippen LogP contribution < -0.4 is 14.2 Å². The summed E-state index contributed by atoms with van der Waals surface area (Å²) in [5.41, 5.74) is 2.83. The van der Waals surface area contributed by atoms with E-state index in [1.54, 1.807) is 14.2 Å². The maximum atomic E-state index is 5.40. The van der Waals surface area contributed by atoms with Gasteiger partial charge in [-0.05, 0) is 59.4 Å². The van der Waals surface area contributed by atoms with E-state index in [0.29, 0.717) is 62.2 Å². The van der Waals surface area contributed by atoms with Gasteiger partial charge in [-0.3, -0.25) is 0 Å². The Kier molecular flexibility index (Phi) is 29.0. The van der Waals surface area contributed by atoms with E-state index in [9.17, 15) is 0 Å². The van der Waals surface area contributed by atoms with Crippen molar-refractivity contribution in [3.8, 4) is 17.2 Å². The second kappa shape index (κ2) is 34.6. The molecule has 0 aromatic heterocycles. The van der Waals surface area contributed by atoms with Crippen LogP contribution in [0.15, 0.2) is 152 Å². The number of ether oxygens (including phenoxy) is 10. The highest BCUT2D eigenvalue weighted by molar-refractivity contribution is 5.23. The summed E-state index contributed by atoms with van der Waals surface area (Å²) < 4.78 is 50.4. The number of hydrogen-bond acceptors (Lipinski definition) is 10. The highest BCUT2D eigenvalue weighted by Crippen LogP contribution is 2.17. The van der Waals surface area contributed by atoms with Crippen molar-refractivity contribution in [1.82, 2.24) is 0 Å². The molecule has 5 unspecified atom stereocenters. The first kappa shape index (κ1) is 54.6. The minimum absolute atomic E-state index is 0.343. The van der Waals surface area contributed by atoms with Gasteiger partial charge in [-0.1, -0.05) is 157 Å². The predicted molar refractivity (Wildman–Crippen MR) is 261 cm³/mol. The fourth-order valence-electron chi connectivity index (χ4n) is 4.99. The highest BCUT2D eigenvalue weighted by atomic mass is 16.6. The standard InChI is InChI=1S/3C9H10O2.2C9H12.2C4H8O2.C2H6/c3*1-2-4-8(5-3-1)10-6-9-7-11-9;2*1-8(2)9-6-4-3-5-7-9;2*1-5-2-4-3-6-4;1-2/h3*1-5,9H,6-7H2;2*3-8H,1-2H3;2*4H,2-3H2,1H3;1-2H3. The summed E-state index contributed by atoms with van der Waals surface area (Å²) in [7, 11) is 3.36. The van der Waals surface area contributed by atoms with Crippen molar-refractivity contribution in [3.05, 3.63) is 163 Å². The molecule has 356 valence electrons. The van der Waals surface area contributed by atoms with E-state index in [2.05, 4.69) is 76.2 Å². The molecule has 65 heavy (non-hydrogen) atoms. The van der Waals surface area contributed by atoms with Gasteiger partial charge in [0.25, 0.3) is 0 Å². The van der Waals surface area contributed by atoms with Crippen LogP contribution in [0.2, 0.25) is 0 Å². The summed E-state index contributed by atoms with van der Waals surface area (Å²) in [6.45, 7) is 20.8. The summed E-state index contributed by atoms with van der Waals surface area (Å²) in [6.07, 6.45) is 1.88. The number of hydrogen-bond donors (Lipinski definition) is 0. The average Bonchev–Trinajstić information content (AvgIpc) is 4.13. The molecule has 5 aliphatic rings. The second-order valence-electron chi connectivity index (χ2n) is 15.7. The van der Waals surface area contributed by atoms with Crippen molar-refractivity contribution in [2.45, 2.75) is 83.9 Å². The van der Waals surface area contributed by atoms with Gasteiger partial charge in [-0.2, -0.15) is 0 Å². The Morgan fingerprint density at radius 3 is 0.708 bits per heavy atom. The molecule has 5 saturated heterocycles. The smallest absolute Gasteiger partial charge is 0.119 e. The lowest BCUT2D eigenvalue weighted by atomic mass is 10.0. The molecule has 0 aliphatic carbocycles. The molecular formula is C55H76O10. The Morgan fingerprint density at radius 2 is 0.554 bits per heavy atom. The first-order valence-electron chi connectivity index (χ1n) is 23.0. The third kappa shape index (κ3) is 30.9. The Morgan fingerprint density at radius 1 is 0.354 bits per heavy atom. The molecule has 0 spiro atoms. The van der Waals surface area contributed by atoms with Crippen LogP contribution in [0.4, 0.5) is 0 Å². The zero-order valence-corrected chi connectivity index (χ0v) is 40.1. The predicted octanol–water partition coefficient (Wildman–Crippen LogP) is 11.1. The molecule has 5 heterocycles. The van der Waals surface area contributed by atoms with E-state index in [1.165, 1.54) is 11.1 Å². The molecular weight excluding hydrogens is 821 g/mol. The van der Waals surface area contributed by atoms with Crippen molar-refractivity contribution in [2.24, 2.45) is 0 Å². The van der Waals surface area contributed by atoms with E-state index in [1.807, 2.05) is 117 Å². The maximum Gasteiger partial charge on any atom is 0.119 e. The summed E-state index contributed by atoms with van der Waals surface area (Å²) in [5.74, 6) is 4.08. The van der Waals surface area contributed by atoms with Gasteiger partial charge in [0.15, 0.2) is 0 Å². The van der Waals surface area contributed by atoms with Crippen LogP contribution in [-0.2, 0) is 33.2 Å². The Hall–Kier alpha value is -4.78. The Labute approximate surface area is 390 Å². The van der Waals surface area contributed by atoms with Gasteiger partial charge >= 0.3 is 0 Å². The monoisotopic (exact) mass is 897 g/mol. The SMILES string of the molecule is CC.CC(C)c1ccccc1.CC(C)c1ccccc1.COCC1CO1.COCC1CO1.c1ccc(OCC2CO2)cc1.c1ccc(OCC2CO2)cc1.c1ccc(OCC2CO2)cc1. The molecule has 5 fully saturated rings. The number of para-hydroxylation sites is 3. The zero-order chi connectivity index (χ0) is 46.7. The quantitative estimate of drug-likeness (QED) is 0.0942. The van der Waals surface area contributed by atoms with Gasteiger partial charge in [0, 0.05) is 14.2 Å². The molecule has 0 saturated carbocycles. The zero-order valence-electron chi connectivity index (χ0n) is 40.1. The molecule has 5 aromatic rings. The summed E-state index contributed by atoms with van der Waals surface area (Å²) in [5, 5.41) is 0. The van der Waals surface area contributed by atoms with Gasteiger partial charge in [-0.25, -0.2) is 0 Å². The van der Waals surface area contributed by atoms with Crippen LogP contribution in [0.3, 0.4) is 0 Å². The third-order valence-corrected chi connectivity index (χ3v) is 9.19. The molecule has 5 aromatic carbocycles. The van der Waals surface area contributed by atoms with Gasteiger partial charge in [-0.15, -0.1) is 0 Å². The van der Waals surface area contributed by atoms with E-state index >= 15 is 0 Å². The van der Waals surface area contributed by atoms with Crippen molar-refractivity contribution in [3.63, 3.8) is 0 Å². The van der Waals surface area contributed by atoms with Crippen LogP contribution in [0, 0.1) is 0 Å². The lowest BCUT2D eigenvalue weighted by Crippen LogP contribution is -2.03. The molecule has 10 rings (SSSR count). The number of rotatable bonds is 15. The lowest BCUT2D eigenvalue weighted by molar-refractivity contribution is 0.171. The first-order chi connectivity index (χ1) is 31.8. The van der Waals surface area contributed by atoms with Crippen LogP contribution >= 0.6 is 0 Å². The number of benzene rings is 5. The van der Waals surface area contributed by atoms with Crippen molar-refractivity contribution in [2.75, 3.05) is 80.3 Å². The summed E-state index contributed by atoms with van der Waals surface area (Å²) >= 11 is 0. The summed E-state index contributed by atoms with van der Waals surface area (Å²) in [4.78, 5) is 0. The molecule has 5 atom stereocenters. The number of methoxy groups -OCH3 is 2. The fourth-order valence-corrected chi connectivity index (χ4v) is 4.99. The van der Waals surface area contributed by atoms with E-state index in [4.69, 9.17) is 47.4 Å². The second-order valence-corrected chi connectivity index (χ2v) is 15.7. The lowest BCUT2D eigenvalue weighted by Gasteiger charge is -2.01.